The first-order valence-electron chi connectivity index (χ1n) is 7.11. The summed E-state index contributed by atoms with van der Waals surface area (Å²) in [6.45, 7) is 6.69. The van der Waals surface area contributed by atoms with Gasteiger partial charge in [-0.25, -0.2) is 0 Å². The van der Waals surface area contributed by atoms with Gasteiger partial charge in [-0.1, -0.05) is 64.9 Å². The van der Waals surface area contributed by atoms with Gasteiger partial charge in [-0.2, -0.15) is 0 Å². The quantitative estimate of drug-likeness (QED) is 0.390. The van der Waals surface area contributed by atoms with Gasteiger partial charge >= 0.3 is 0 Å². The van der Waals surface area contributed by atoms with Crippen LogP contribution in [0.2, 0.25) is 0 Å². The van der Waals surface area contributed by atoms with Gasteiger partial charge in [0.25, 0.3) is 0 Å². The number of thioether (sulfide) groups is 1. The SMILES string of the molecule is CC=CSC(CC)CCCCCCCCC. The van der Waals surface area contributed by atoms with E-state index >= 15 is 0 Å². The van der Waals surface area contributed by atoms with Gasteiger partial charge in [0.05, 0.1) is 0 Å². The number of rotatable bonds is 11. The normalized spacial score (nSPS) is 13.4. The standard InChI is InChI=1S/C15H30S/c1-4-7-8-9-10-11-12-13-15(6-3)16-14-5-2/h5,14-15H,4,6-13H2,1-3H3. The summed E-state index contributed by atoms with van der Waals surface area (Å²) >= 11 is 2.01. The maximum atomic E-state index is 2.31. The van der Waals surface area contributed by atoms with Gasteiger partial charge in [0.15, 0.2) is 0 Å². The zero-order valence-corrected chi connectivity index (χ0v) is 12.3. The van der Waals surface area contributed by atoms with Crippen molar-refractivity contribution >= 4 is 11.8 Å². The third kappa shape index (κ3) is 10.6. The first-order valence-corrected chi connectivity index (χ1v) is 8.06. The summed E-state index contributed by atoms with van der Waals surface area (Å²) in [6.07, 6.45) is 14.9. The molecule has 0 aromatic carbocycles. The van der Waals surface area contributed by atoms with E-state index in [0.717, 1.165) is 5.25 Å². The highest BCUT2D eigenvalue weighted by molar-refractivity contribution is 8.02. The maximum absolute atomic E-state index is 2.31. The van der Waals surface area contributed by atoms with E-state index in [1.165, 1.54) is 57.8 Å². The molecule has 0 aliphatic rings. The molecule has 0 aliphatic carbocycles. The molecule has 0 spiro atoms. The lowest BCUT2D eigenvalue weighted by Crippen LogP contribution is -1.98. The van der Waals surface area contributed by atoms with Gasteiger partial charge in [-0.05, 0) is 25.2 Å². The molecule has 1 unspecified atom stereocenters. The Hall–Kier alpha value is 0.0900. The first kappa shape index (κ1) is 16.1. The molecule has 0 heterocycles. The van der Waals surface area contributed by atoms with Crippen LogP contribution in [0.15, 0.2) is 11.5 Å². The van der Waals surface area contributed by atoms with E-state index in [4.69, 9.17) is 0 Å². The molecule has 0 amide bonds. The fraction of sp³-hybridized carbons (Fsp3) is 0.867. The molecule has 0 aromatic heterocycles. The van der Waals surface area contributed by atoms with E-state index < -0.39 is 0 Å². The van der Waals surface area contributed by atoms with Crippen molar-refractivity contribution in [2.75, 3.05) is 0 Å². The molecule has 96 valence electrons. The Morgan fingerprint density at radius 2 is 1.56 bits per heavy atom. The summed E-state index contributed by atoms with van der Waals surface area (Å²) in [5.74, 6) is 0. The van der Waals surface area contributed by atoms with Crippen molar-refractivity contribution in [2.24, 2.45) is 0 Å². The number of allylic oxidation sites excluding steroid dienone is 1. The lowest BCUT2D eigenvalue weighted by atomic mass is 10.1. The highest BCUT2D eigenvalue weighted by Crippen LogP contribution is 2.22. The van der Waals surface area contributed by atoms with Gasteiger partial charge in [0.1, 0.15) is 0 Å². The molecule has 0 N–H and O–H groups in total. The predicted octanol–water partition coefficient (Wildman–Crippen LogP) is 6.17. The van der Waals surface area contributed by atoms with Crippen molar-refractivity contribution in [1.82, 2.24) is 0 Å². The molecule has 1 heteroatoms. The van der Waals surface area contributed by atoms with Crippen molar-refractivity contribution in [3.05, 3.63) is 11.5 Å². The van der Waals surface area contributed by atoms with Gasteiger partial charge < -0.3 is 0 Å². The molecule has 1 atom stereocenters. The fourth-order valence-corrected chi connectivity index (χ4v) is 2.76. The van der Waals surface area contributed by atoms with Gasteiger partial charge in [-0.3, -0.25) is 0 Å². The van der Waals surface area contributed by atoms with Crippen molar-refractivity contribution in [1.29, 1.82) is 0 Å². The average Bonchev–Trinajstić information content (AvgIpc) is 2.32. The van der Waals surface area contributed by atoms with Crippen LogP contribution in [-0.4, -0.2) is 5.25 Å². The van der Waals surface area contributed by atoms with Crippen LogP contribution >= 0.6 is 11.8 Å². The molecule has 0 bridgehead atoms. The Morgan fingerprint density at radius 1 is 0.938 bits per heavy atom. The van der Waals surface area contributed by atoms with Crippen molar-refractivity contribution in [3.8, 4) is 0 Å². The first-order chi connectivity index (χ1) is 7.85. The van der Waals surface area contributed by atoms with E-state index in [0.29, 0.717) is 0 Å². The second kappa shape index (κ2) is 13.2. The van der Waals surface area contributed by atoms with Crippen LogP contribution in [0.25, 0.3) is 0 Å². The summed E-state index contributed by atoms with van der Waals surface area (Å²) in [7, 11) is 0. The van der Waals surface area contributed by atoms with Crippen LogP contribution < -0.4 is 0 Å². The van der Waals surface area contributed by atoms with Gasteiger partial charge in [-0.15, -0.1) is 11.8 Å². The minimum absolute atomic E-state index is 0.854. The second-order valence-electron chi connectivity index (χ2n) is 4.55. The van der Waals surface area contributed by atoms with Gasteiger partial charge in [0, 0.05) is 5.25 Å². The summed E-state index contributed by atoms with van der Waals surface area (Å²) in [5.41, 5.74) is 0. The third-order valence-electron chi connectivity index (χ3n) is 2.99. The lowest BCUT2D eigenvalue weighted by molar-refractivity contribution is 0.567. The smallest absolute Gasteiger partial charge is 0.00857 e. The Labute approximate surface area is 107 Å². The topological polar surface area (TPSA) is 0 Å². The molecule has 0 radical (unpaired) electrons. The predicted molar refractivity (Wildman–Crippen MR) is 79.1 cm³/mol. The molecule has 0 saturated carbocycles. The highest BCUT2D eigenvalue weighted by atomic mass is 32.2. The number of hydrogen-bond donors (Lipinski definition) is 0. The molecule has 0 saturated heterocycles. The summed E-state index contributed by atoms with van der Waals surface area (Å²) in [6, 6.07) is 0. The lowest BCUT2D eigenvalue weighted by Gasteiger charge is -2.11. The van der Waals surface area contributed by atoms with Crippen molar-refractivity contribution in [3.63, 3.8) is 0 Å². The van der Waals surface area contributed by atoms with Crippen LogP contribution in [0.3, 0.4) is 0 Å². The number of unbranched alkanes of at least 4 members (excludes halogenated alkanes) is 6. The third-order valence-corrected chi connectivity index (χ3v) is 4.38. The fourth-order valence-electron chi connectivity index (χ4n) is 1.89. The van der Waals surface area contributed by atoms with Crippen LogP contribution in [0.1, 0.15) is 78.6 Å². The Balaban J connectivity index is 3.27. The summed E-state index contributed by atoms with van der Waals surface area (Å²) < 4.78 is 0. The molecule has 0 nitrogen and oxygen atoms in total. The molecular formula is C15H30S. The van der Waals surface area contributed by atoms with Crippen LogP contribution in [0.4, 0.5) is 0 Å². The molecule has 16 heavy (non-hydrogen) atoms. The van der Waals surface area contributed by atoms with E-state index in [2.05, 4.69) is 32.3 Å². The second-order valence-corrected chi connectivity index (χ2v) is 5.76. The minimum Gasteiger partial charge on any atom is -0.131 e. The zero-order chi connectivity index (χ0) is 12.1. The summed E-state index contributed by atoms with van der Waals surface area (Å²) in [4.78, 5) is 0. The van der Waals surface area contributed by atoms with E-state index in [1.54, 1.807) is 0 Å². The van der Waals surface area contributed by atoms with Crippen molar-refractivity contribution < 1.29 is 0 Å². The van der Waals surface area contributed by atoms with E-state index in [9.17, 15) is 0 Å². The minimum atomic E-state index is 0.854. The summed E-state index contributed by atoms with van der Waals surface area (Å²) in [5, 5.41) is 3.10. The van der Waals surface area contributed by atoms with Crippen LogP contribution in [0.5, 0.6) is 0 Å². The largest absolute Gasteiger partial charge is 0.131 e. The maximum Gasteiger partial charge on any atom is 0.00857 e. The Kier molecular flexibility index (Phi) is 13.2. The monoisotopic (exact) mass is 242 g/mol. The van der Waals surface area contributed by atoms with Crippen molar-refractivity contribution in [2.45, 2.75) is 83.8 Å². The van der Waals surface area contributed by atoms with E-state index in [-0.39, 0.29) is 0 Å². The van der Waals surface area contributed by atoms with Gasteiger partial charge in [0.2, 0.25) is 0 Å². The Bertz CT molecular complexity index is 152. The average molecular weight is 242 g/mol. The molecule has 0 aliphatic heterocycles. The molecule has 0 aromatic rings. The zero-order valence-electron chi connectivity index (χ0n) is 11.5. The molecule has 0 rings (SSSR count). The molecular weight excluding hydrogens is 212 g/mol. The molecule has 0 fully saturated rings. The van der Waals surface area contributed by atoms with E-state index in [1.807, 2.05) is 11.8 Å². The number of hydrogen-bond acceptors (Lipinski definition) is 1. The Morgan fingerprint density at radius 3 is 2.12 bits per heavy atom. The highest BCUT2D eigenvalue weighted by Gasteiger charge is 2.03. The van der Waals surface area contributed by atoms with Crippen LogP contribution in [0, 0.1) is 0 Å². The van der Waals surface area contributed by atoms with Crippen LogP contribution in [-0.2, 0) is 0 Å².